The van der Waals surface area contributed by atoms with Crippen LogP contribution in [0.5, 0.6) is 0 Å². The average Bonchev–Trinajstić information content (AvgIpc) is 2.62. The van der Waals surface area contributed by atoms with Gasteiger partial charge in [-0.1, -0.05) is 11.6 Å². The van der Waals surface area contributed by atoms with Crippen LogP contribution in [0.1, 0.15) is 23.0 Å². The zero-order valence-corrected chi connectivity index (χ0v) is 11.4. The van der Waals surface area contributed by atoms with Crippen molar-refractivity contribution in [2.75, 3.05) is 7.05 Å². The first-order valence-corrected chi connectivity index (χ1v) is 6.11. The maximum Gasteiger partial charge on any atom is 0.115 e. The Bertz CT molecular complexity index is 523. The van der Waals surface area contributed by atoms with E-state index in [1.807, 2.05) is 38.1 Å². The molecule has 6 heteroatoms. The van der Waals surface area contributed by atoms with Gasteiger partial charge in [-0.2, -0.15) is 5.10 Å². The highest BCUT2D eigenvalue weighted by atomic mass is 35.5. The van der Waals surface area contributed by atoms with E-state index in [0.29, 0.717) is 0 Å². The number of nitrogens with one attached hydrogen (secondary N) is 1. The van der Waals surface area contributed by atoms with Gasteiger partial charge in [-0.3, -0.25) is 4.68 Å². The van der Waals surface area contributed by atoms with Crippen LogP contribution in [0, 0.1) is 6.92 Å². The van der Waals surface area contributed by atoms with Gasteiger partial charge in [-0.05, 0) is 14.0 Å². The Labute approximate surface area is 111 Å². The number of aromatic nitrogens is 4. The zero-order valence-electron chi connectivity index (χ0n) is 10.7. The largest absolute Gasteiger partial charge is 0.313 e. The summed E-state index contributed by atoms with van der Waals surface area (Å²) < 4.78 is 1.83. The highest BCUT2D eigenvalue weighted by Gasteiger charge is 2.17. The van der Waals surface area contributed by atoms with E-state index in [2.05, 4.69) is 20.4 Å². The molecule has 18 heavy (non-hydrogen) atoms. The van der Waals surface area contributed by atoms with Crippen LogP contribution in [0.25, 0.3) is 0 Å². The van der Waals surface area contributed by atoms with Gasteiger partial charge in [0.15, 0.2) is 0 Å². The van der Waals surface area contributed by atoms with Gasteiger partial charge in [-0.25, -0.2) is 9.97 Å². The van der Waals surface area contributed by atoms with E-state index in [9.17, 15) is 0 Å². The number of aryl methyl sites for hydroxylation is 2. The minimum Gasteiger partial charge on any atom is -0.313 e. The quantitative estimate of drug-likeness (QED) is 0.914. The second-order valence-electron chi connectivity index (χ2n) is 4.19. The minimum atomic E-state index is 0.124. The molecule has 0 saturated heterocycles. The van der Waals surface area contributed by atoms with Gasteiger partial charge in [0.05, 0.1) is 16.4 Å². The van der Waals surface area contributed by atoms with E-state index >= 15 is 0 Å². The molecule has 0 radical (unpaired) electrons. The van der Waals surface area contributed by atoms with Crippen molar-refractivity contribution in [2.45, 2.75) is 19.4 Å². The SMILES string of the molecule is CNC(Cc1c(Cl)c(C)nn1C)c1cncnc1. The van der Waals surface area contributed by atoms with Crippen molar-refractivity contribution in [3.8, 4) is 0 Å². The molecule has 1 unspecified atom stereocenters. The molecular weight excluding hydrogens is 250 g/mol. The van der Waals surface area contributed by atoms with Crippen molar-refractivity contribution in [2.24, 2.45) is 7.05 Å². The lowest BCUT2D eigenvalue weighted by molar-refractivity contribution is 0.558. The first-order valence-electron chi connectivity index (χ1n) is 5.73. The molecule has 2 rings (SSSR count). The van der Waals surface area contributed by atoms with Crippen LogP contribution in [0.3, 0.4) is 0 Å². The Morgan fingerprint density at radius 2 is 2.06 bits per heavy atom. The Morgan fingerprint density at radius 1 is 1.39 bits per heavy atom. The molecule has 5 nitrogen and oxygen atoms in total. The molecule has 1 N–H and O–H groups in total. The fourth-order valence-corrected chi connectivity index (χ4v) is 2.21. The molecule has 1 atom stereocenters. The van der Waals surface area contributed by atoms with Crippen molar-refractivity contribution in [3.05, 3.63) is 40.7 Å². The predicted molar refractivity (Wildman–Crippen MR) is 70.5 cm³/mol. The number of halogens is 1. The fourth-order valence-electron chi connectivity index (χ4n) is 1.97. The van der Waals surface area contributed by atoms with Gasteiger partial charge in [0, 0.05) is 37.5 Å². The number of nitrogens with zero attached hydrogens (tertiary/aromatic N) is 4. The van der Waals surface area contributed by atoms with E-state index in [4.69, 9.17) is 11.6 Å². The van der Waals surface area contributed by atoms with E-state index in [-0.39, 0.29) is 6.04 Å². The van der Waals surface area contributed by atoms with Crippen LogP contribution < -0.4 is 5.32 Å². The minimum absolute atomic E-state index is 0.124. The molecular formula is C12H16ClN5. The summed E-state index contributed by atoms with van der Waals surface area (Å²) in [5.41, 5.74) is 2.90. The molecule has 2 aromatic heterocycles. The standard InChI is InChI=1S/C12H16ClN5/c1-8-12(13)11(18(3)17-8)4-10(14-2)9-5-15-7-16-6-9/h5-7,10,14H,4H2,1-3H3. The third-order valence-corrected chi connectivity index (χ3v) is 3.48. The Morgan fingerprint density at radius 3 is 2.56 bits per heavy atom. The number of rotatable bonds is 4. The van der Waals surface area contributed by atoms with Crippen LogP contribution in [0.4, 0.5) is 0 Å². The zero-order chi connectivity index (χ0) is 13.1. The third-order valence-electron chi connectivity index (χ3n) is 2.99. The summed E-state index contributed by atoms with van der Waals surface area (Å²) in [6, 6.07) is 0.124. The van der Waals surface area contributed by atoms with Crippen molar-refractivity contribution in [1.82, 2.24) is 25.1 Å². The topological polar surface area (TPSA) is 55.6 Å². The smallest absolute Gasteiger partial charge is 0.115 e. The van der Waals surface area contributed by atoms with E-state index in [1.165, 1.54) is 6.33 Å². The average molecular weight is 266 g/mol. The van der Waals surface area contributed by atoms with E-state index in [1.54, 1.807) is 0 Å². The Hall–Kier alpha value is -1.46. The lowest BCUT2D eigenvalue weighted by atomic mass is 10.1. The maximum absolute atomic E-state index is 6.26. The number of hydrogen-bond donors (Lipinski definition) is 1. The summed E-state index contributed by atoms with van der Waals surface area (Å²) in [4.78, 5) is 8.08. The van der Waals surface area contributed by atoms with Gasteiger partial charge >= 0.3 is 0 Å². The predicted octanol–water partition coefficient (Wildman–Crippen LogP) is 1.68. The van der Waals surface area contributed by atoms with Crippen molar-refractivity contribution in [1.29, 1.82) is 0 Å². The first-order chi connectivity index (χ1) is 8.63. The van der Waals surface area contributed by atoms with Gasteiger partial charge in [-0.15, -0.1) is 0 Å². The van der Waals surface area contributed by atoms with Gasteiger partial charge < -0.3 is 5.32 Å². The number of hydrogen-bond acceptors (Lipinski definition) is 4. The molecule has 0 amide bonds. The van der Waals surface area contributed by atoms with Crippen LogP contribution >= 0.6 is 11.6 Å². The fraction of sp³-hybridized carbons (Fsp3) is 0.417. The molecule has 0 aromatic carbocycles. The summed E-state index contributed by atoms with van der Waals surface area (Å²) in [5, 5.41) is 8.30. The molecule has 0 aliphatic heterocycles. The highest BCUT2D eigenvalue weighted by molar-refractivity contribution is 6.31. The second kappa shape index (κ2) is 5.46. The number of likely N-dealkylation sites (N-methyl/N-ethyl adjacent to an activating group) is 1. The first kappa shape index (κ1) is 13.0. The molecule has 0 saturated carbocycles. The van der Waals surface area contributed by atoms with Crippen molar-refractivity contribution in [3.63, 3.8) is 0 Å². The molecule has 0 bridgehead atoms. The van der Waals surface area contributed by atoms with Gasteiger partial charge in [0.2, 0.25) is 0 Å². The maximum atomic E-state index is 6.26. The summed E-state index contributed by atoms with van der Waals surface area (Å²) in [7, 11) is 3.82. The molecule has 0 aliphatic carbocycles. The van der Waals surface area contributed by atoms with Gasteiger partial charge in [0.25, 0.3) is 0 Å². The molecule has 0 fully saturated rings. The van der Waals surface area contributed by atoms with Crippen molar-refractivity contribution < 1.29 is 0 Å². The third kappa shape index (κ3) is 2.52. The van der Waals surface area contributed by atoms with Crippen LogP contribution in [-0.4, -0.2) is 26.8 Å². The molecule has 2 heterocycles. The Balaban J connectivity index is 2.26. The van der Waals surface area contributed by atoms with Crippen molar-refractivity contribution >= 4 is 11.6 Å². The highest BCUT2D eigenvalue weighted by Crippen LogP contribution is 2.24. The lowest BCUT2D eigenvalue weighted by Crippen LogP contribution is -2.20. The molecule has 0 spiro atoms. The Kier molecular flexibility index (Phi) is 3.93. The normalized spacial score (nSPS) is 12.7. The van der Waals surface area contributed by atoms with Crippen LogP contribution in [0.15, 0.2) is 18.7 Å². The summed E-state index contributed by atoms with van der Waals surface area (Å²) in [5.74, 6) is 0. The van der Waals surface area contributed by atoms with E-state index in [0.717, 1.165) is 28.4 Å². The van der Waals surface area contributed by atoms with Gasteiger partial charge in [0.1, 0.15) is 6.33 Å². The van der Waals surface area contributed by atoms with Crippen LogP contribution in [0.2, 0.25) is 5.02 Å². The summed E-state index contributed by atoms with van der Waals surface area (Å²) in [6.07, 6.45) is 5.90. The van der Waals surface area contributed by atoms with E-state index < -0.39 is 0 Å². The second-order valence-corrected chi connectivity index (χ2v) is 4.56. The monoisotopic (exact) mass is 265 g/mol. The van der Waals surface area contributed by atoms with Crippen LogP contribution in [-0.2, 0) is 13.5 Å². The summed E-state index contributed by atoms with van der Waals surface area (Å²) in [6.45, 7) is 1.91. The lowest BCUT2D eigenvalue weighted by Gasteiger charge is -2.16. The molecule has 0 aliphatic rings. The molecule has 2 aromatic rings. The summed E-state index contributed by atoms with van der Waals surface area (Å²) >= 11 is 6.26. The molecule has 96 valence electrons.